The van der Waals surface area contributed by atoms with Crippen molar-refractivity contribution in [2.45, 2.75) is 37.9 Å². The quantitative estimate of drug-likeness (QED) is 0.846. The zero-order chi connectivity index (χ0) is 13.3. The Hall–Kier alpha value is -0.860. The third-order valence-electron chi connectivity index (χ3n) is 3.22. The molecule has 0 saturated carbocycles. The van der Waals surface area contributed by atoms with Gasteiger partial charge in [-0.05, 0) is 37.7 Å². The SMILES string of the molecule is CC1CCc2sc(NC(=O)C(C)Br)c(C#N)c2C1. The zero-order valence-electron chi connectivity index (χ0n) is 10.4. The molecule has 96 valence electrons. The highest BCUT2D eigenvalue weighted by Gasteiger charge is 2.25. The van der Waals surface area contributed by atoms with Gasteiger partial charge in [0.05, 0.1) is 10.4 Å². The van der Waals surface area contributed by atoms with Crippen molar-refractivity contribution in [3.63, 3.8) is 0 Å². The summed E-state index contributed by atoms with van der Waals surface area (Å²) in [5.41, 5.74) is 1.82. The Kier molecular flexibility index (Phi) is 4.08. The van der Waals surface area contributed by atoms with Gasteiger partial charge in [-0.3, -0.25) is 4.79 Å². The van der Waals surface area contributed by atoms with Crippen molar-refractivity contribution in [1.82, 2.24) is 0 Å². The predicted molar refractivity (Wildman–Crippen MR) is 77.2 cm³/mol. The molecule has 0 spiro atoms. The minimum Gasteiger partial charge on any atom is -0.316 e. The van der Waals surface area contributed by atoms with Gasteiger partial charge in [-0.25, -0.2) is 0 Å². The van der Waals surface area contributed by atoms with Crippen LogP contribution in [-0.2, 0) is 17.6 Å². The van der Waals surface area contributed by atoms with Crippen LogP contribution in [0.25, 0.3) is 0 Å². The molecule has 1 heterocycles. The molecule has 1 aromatic rings. The van der Waals surface area contributed by atoms with Crippen LogP contribution in [0.2, 0.25) is 0 Å². The summed E-state index contributed by atoms with van der Waals surface area (Å²) >= 11 is 4.79. The number of carbonyl (C=O) groups is 1. The topological polar surface area (TPSA) is 52.9 Å². The van der Waals surface area contributed by atoms with Crippen LogP contribution in [0, 0.1) is 17.2 Å². The molecule has 2 unspecified atom stereocenters. The van der Waals surface area contributed by atoms with Crippen molar-refractivity contribution >= 4 is 38.2 Å². The standard InChI is InChI=1S/C13H15BrN2OS/c1-7-3-4-11-9(5-7)10(6-15)13(18-11)16-12(17)8(2)14/h7-8H,3-5H2,1-2H3,(H,16,17). The van der Waals surface area contributed by atoms with E-state index in [9.17, 15) is 10.1 Å². The van der Waals surface area contributed by atoms with Crippen molar-refractivity contribution < 1.29 is 4.79 Å². The molecule has 1 aliphatic carbocycles. The number of halogens is 1. The van der Waals surface area contributed by atoms with Gasteiger partial charge in [-0.15, -0.1) is 11.3 Å². The molecule has 0 aliphatic heterocycles. The summed E-state index contributed by atoms with van der Waals surface area (Å²) in [7, 11) is 0. The number of nitrogens with zero attached hydrogens (tertiary/aromatic N) is 1. The fourth-order valence-corrected chi connectivity index (χ4v) is 3.49. The largest absolute Gasteiger partial charge is 0.316 e. The maximum Gasteiger partial charge on any atom is 0.238 e. The number of fused-ring (bicyclic) bond motifs is 1. The Morgan fingerprint density at radius 1 is 1.67 bits per heavy atom. The van der Waals surface area contributed by atoms with E-state index in [0.717, 1.165) is 18.4 Å². The highest BCUT2D eigenvalue weighted by atomic mass is 79.9. The first kappa shape index (κ1) is 13.6. The number of anilines is 1. The minimum atomic E-state index is -0.248. The number of alkyl halides is 1. The molecule has 2 rings (SSSR count). The number of nitrogens with one attached hydrogen (secondary N) is 1. The Morgan fingerprint density at radius 2 is 2.39 bits per heavy atom. The lowest BCUT2D eigenvalue weighted by atomic mass is 9.88. The van der Waals surface area contributed by atoms with Gasteiger partial charge in [0, 0.05) is 4.88 Å². The van der Waals surface area contributed by atoms with Crippen LogP contribution < -0.4 is 5.32 Å². The van der Waals surface area contributed by atoms with E-state index in [4.69, 9.17) is 0 Å². The second-order valence-corrected chi connectivity index (χ2v) is 7.25. The van der Waals surface area contributed by atoms with Crippen LogP contribution in [0.3, 0.4) is 0 Å². The van der Waals surface area contributed by atoms with Crippen LogP contribution in [0.4, 0.5) is 5.00 Å². The number of nitriles is 1. The van der Waals surface area contributed by atoms with Crippen LogP contribution in [0.15, 0.2) is 0 Å². The lowest BCUT2D eigenvalue weighted by Gasteiger charge is -2.17. The molecule has 0 bridgehead atoms. The molecule has 5 heteroatoms. The summed E-state index contributed by atoms with van der Waals surface area (Å²) in [4.78, 5) is 12.7. The Labute approximate surface area is 119 Å². The second-order valence-electron chi connectivity index (χ2n) is 4.77. The van der Waals surface area contributed by atoms with Gasteiger partial charge in [0.1, 0.15) is 11.1 Å². The van der Waals surface area contributed by atoms with Gasteiger partial charge in [0.15, 0.2) is 0 Å². The smallest absolute Gasteiger partial charge is 0.238 e. The highest BCUT2D eigenvalue weighted by molar-refractivity contribution is 9.10. The second kappa shape index (κ2) is 5.41. The number of thiophene rings is 1. The molecule has 0 aromatic carbocycles. The van der Waals surface area contributed by atoms with Crippen LogP contribution in [0.1, 0.15) is 36.3 Å². The third kappa shape index (κ3) is 2.60. The normalized spacial score (nSPS) is 19.8. The summed E-state index contributed by atoms with van der Waals surface area (Å²) in [6.07, 6.45) is 3.14. The maximum atomic E-state index is 11.7. The average Bonchev–Trinajstić information content (AvgIpc) is 2.65. The Bertz CT molecular complexity index is 516. The molecule has 3 nitrogen and oxygen atoms in total. The summed E-state index contributed by atoms with van der Waals surface area (Å²) in [5, 5.41) is 12.9. The molecule has 18 heavy (non-hydrogen) atoms. The molecule has 1 aromatic heterocycles. The molecule has 0 fully saturated rings. The number of amides is 1. The zero-order valence-corrected chi connectivity index (χ0v) is 12.8. The number of rotatable bonds is 2. The minimum absolute atomic E-state index is 0.0989. The first-order valence-electron chi connectivity index (χ1n) is 6.02. The van der Waals surface area contributed by atoms with Crippen molar-refractivity contribution in [2.75, 3.05) is 5.32 Å². The molecule has 0 saturated heterocycles. The summed E-state index contributed by atoms with van der Waals surface area (Å²) in [6, 6.07) is 2.25. The van der Waals surface area contributed by atoms with Crippen molar-refractivity contribution in [3.8, 4) is 6.07 Å². The summed E-state index contributed by atoms with van der Waals surface area (Å²) < 4.78 is 0. The third-order valence-corrected chi connectivity index (χ3v) is 4.84. The first-order chi connectivity index (χ1) is 8.52. The van der Waals surface area contributed by atoms with Crippen LogP contribution >= 0.6 is 27.3 Å². The van der Waals surface area contributed by atoms with Crippen molar-refractivity contribution in [2.24, 2.45) is 5.92 Å². The lowest BCUT2D eigenvalue weighted by Crippen LogP contribution is -2.19. The van der Waals surface area contributed by atoms with Crippen LogP contribution in [-0.4, -0.2) is 10.7 Å². The Balaban J connectivity index is 2.33. The van der Waals surface area contributed by atoms with E-state index in [0.29, 0.717) is 16.5 Å². The number of hydrogen-bond acceptors (Lipinski definition) is 3. The van der Waals surface area contributed by atoms with E-state index in [2.05, 4.69) is 34.2 Å². The maximum absolute atomic E-state index is 11.7. The molecular weight excluding hydrogens is 312 g/mol. The first-order valence-corrected chi connectivity index (χ1v) is 7.75. The van der Waals surface area contributed by atoms with Gasteiger partial charge >= 0.3 is 0 Å². The van der Waals surface area contributed by atoms with E-state index < -0.39 is 0 Å². The predicted octanol–water partition coefficient (Wildman–Crippen LogP) is 3.47. The fraction of sp³-hybridized carbons (Fsp3) is 0.538. The molecule has 1 N–H and O–H groups in total. The lowest BCUT2D eigenvalue weighted by molar-refractivity contribution is -0.115. The molecule has 0 radical (unpaired) electrons. The summed E-state index contributed by atoms with van der Waals surface area (Å²) in [6.45, 7) is 3.98. The molecule has 2 atom stereocenters. The Morgan fingerprint density at radius 3 is 3.00 bits per heavy atom. The molecular formula is C13H15BrN2OS. The van der Waals surface area contributed by atoms with Gasteiger partial charge in [-0.2, -0.15) is 5.26 Å². The van der Waals surface area contributed by atoms with Gasteiger partial charge < -0.3 is 5.32 Å². The number of carbonyl (C=O) groups excluding carboxylic acids is 1. The van der Waals surface area contributed by atoms with E-state index in [1.807, 2.05) is 0 Å². The van der Waals surface area contributed by atoms with E-state index >= 15 is 0 Å². The van der Waals surface area contributed by atoms with E-state index in [1.54, 1.807) is 18.3 Å². The monoisotopic (exact) mass is 326 g/mol. The van der Waals surface area contributed by atoms with Crippen molar-refractivity contribution in [1.29, 1.82) is 5.26 Å². The van der Waals surface area contributed by atoms with Crippen LogP contribution in [0.5, 0.6) is 0 Å². The van der Waals surface area contributed by atoms with Crippen molar-refractivity contribution in [3.05, 3.63) is 16.0 Å². The van der Waals surface area contributed by atoms with E-state index in [-0.39, 0.29) is 10.7 Å². The van der Waals surface area contributed by atoms with Gasteiger partial charge in [0.2, 0.25) is 5.91 Å². The fourth-order valence-electron chi connectivity index (χ4n) is 2.18. The van der Waals surface area contributed by atoms with Gasteiger partial charge in [-0.1, -0.05) is 22.9 Å². The average molecular weight is 327 g/mol. The van der Waals surface area contributed by atoms with E-state index in [1.165, 1.54) is 11.3 Å². The number of hydrogen-bond donors (Lipinski definition) is 1. The number of aryl methyl sites for hydroxylation is 1. The molecule has 1 aliphatic rings. The van der Waals surface area contributed by atoms with Gasteiger partial charge in [0.25, 0.3) is 0 Å². The molecule has 1 amide bonds. The summed E-state index contributed by atoms with van der Waals surface area (Å²) in [5.74, 6) is 0.524. The highest BCUT2D eigenvalue weighted by Crippen LogP contribution is 2.39.